The number of carbonyl (C=O) groups is 1. The van der Waals surface area contributed by atoms with E-state index in [1.54, 1.807) is 10.9 Å². The molecule has 1 aromatic heterocycles. The molecule has 0 spiro atoms. The lowest BCUT2D eigenvalue weighted by molar-refractivity contribution is -0.00341. The highest BCUT2D eigenvalue weighted by Gasteiger charge is 2.54. The molecule has 0 unspecified atom stereocenters. The Hall–Kier alpha value is -2.54. The molecular formula is C21H24N4O3. The molecule has 7 heteroatoms. The van der Waals surface area contributed by atoms with Crippen LogP contribution in [-0.4, -0.2) is 64.0 Å². The van der Waals surface area contributed by atoms with Gasteiger partial charge in [0.25, 0.3) is 5.91 Å². The van der Waals surface area contributed by atoms with E-state index in [4.69, 9.17) is 9.47 Å². The molecule has 146 valence electrons. The van der Waals surface area contributed by atoms with Crippen LogP contribution < -0.4 is 9.47 Å². The van der Waals surface area contributed by atoms with Gasteiger partial charge in [-0.15, -0.1) is 0 Å². The number of nitrogens with zero attached hydrogens (tertiary/aromatic N) is 4. The minimum atomic E-state index is 0.111. The van der Waals surface area contributed by atoms with Gasteiger partial charge in [-0.3, -0.25) is 14.4 Å². The monoisotopic (exact) mass is 380 g/mol. The van der Waals surface area contributed by atoms with E-state index in [0.717, 1.165) is 31.1 Å². The van der Waals surface area contributed by atoms with Crippen LogP contribution in [0.1, 0.15) is 34.7 Å². The molecule has 0 saturated carbocycles. The average Bonchev–Trinajstić information content (AvgIpc) is 3.46. The standard InChI is InChI=1S/C21H24N4O3/c1-23-10-15(9-22-23)21(26)25-11-16(14-2-3-17-18(8-14)28-12-27-17)20-19(25)13-4-6-24(20)7-5-13/h2-3,8-10,13,16,19-20H,4-7,11-12H2,1H3/t16-,19+,20+/m0/s1. The van der Waals surface area contributed by atoms with Crippen molar-refractivity contribution in [1.82, 2.24) is 19.6 Å². The summed E-state index contributed by atoms with van der Waals surface area (Å²) in [6, 6.07) is 6.94. The average molecular weight is 380 g/mol. The van der Waals surface area contributed by atoms with Crippen LogP contribution >= 0.6 is 0 Å². The number of fused-ring (bicyclic) bond motifs is 3. The minimum absolute atomic E-state index is 0.111. The number of aromatic nitrogens is 2. The first-order valence-corrected chi connectivity index (χ1v) is 10.1. The van der Waals surface area contributed by atoms with Gasteiger partial charge < -0.3 is 14.4 Å². The highest BCUT2D eigenvalue weighted by atomic mass is 16.7. The van der Waals surface area contributed by atoms with E-state index in [9.17, 15) is 4.79 Å². The quantitative estimate of drug-likeness (QED) is 0.796. The molecule has 1 aromatic carbocycles. The van der Waals surface area contributed by atoms with Crippen molar-refractivity contribution in [3.05, 3.63) is 41.7 Å². The van der Waals surface area contributed by atoms with E-state index in [2.05, 4.69) is 27.0 Å². The molecule has 5 aliphatic rings. The Labute approximate surface area is 163 Å². The SMILES string of the molecule is Cn1cc(C(=O)N2C[C@@H](c3ccc4c(c3)OCO4)[C@@H]3[C@H]2C2CCN3CC2)cn1. The fourth-order valence-electron chi connectivity index (χ4n) is 5.79. The Morgan fingerprint density at radius 2 is 1.96 bits per heavy atom. The predicted octanol–water partition coefficient (Wildman–Crippen LogP) is 1.85. The lowest BCUT2D eigenvalue weighted by Crippen LogP contribution is -2.60. The van der Waals surface area contributed by atoms with E-state index >= 15 is 0 Å². The van der Waals surface area contributed by atoms with Crippen LogP contribution in [0.3, 0.4) is 0 Å². The van der Waals surface area contributed by atoms with Gasteiger partial charge in [-0.05, 0) is 49.5 Å². The molecule has 2 aromatic rings. The van der Waals surface area contributed by atoms with Gasteiger partial charge in [-0.25, -0.2) is 0 Å². The Bertz CT molecular complexity index is 933. The van der Waals surface area contributed by atoms with E-state index in [1.165, 1.54) is 18.4 Å². The molecule has 2 bridgehead atoms. The van der Waals surface area contributed by atoms with Gasteiger partial charge in [-0.1, -0.05) is 6.07 Å². The maximum Gasteiger partial charge on any atom is 0.257 e. The summed E-state index contributed by atoms with van der Waals surface area (Å²) in [6.45, 7) is 3.31. The van der Waals surface area contributed by atoms with Gasteiger partial charge in [0, 0.05) is 31.7 Å². The second-order valence-electron chi connectivity index (χ2n) is 8.43. The first-order valence-electron chi connectivity index (χ1n) is 10.1. The van der Waals surface area contributed by atoms with E-state index in [-0.39, 0.29) is 18.7 Å². The Kier molecular flexibility index (Phi) is 3.50. The number of piperidine rings is 3. The van der Waals surface area contributed by atoms with E-state index in [1.807, 2.05) is 19.3 Å². The van der Waals surface area contributed by atoms with Crippen molar-refractivity contribution in [1.29, 1.82) is 0 Å². The topological polar surface area (TPSA) is 59.8 Å². The van der Waals surface area contributed by atoms with Gasteiger partial charge in [-0.2, -0.15) is 5.10 Å². The smallest absolute Gasteiger partial charge is 0.257 e. The second-order valence-corrected chi connectivity index (χ2v) is 8.43. The first-order chi connectivity index (χ1) is 13.7. The summed E-state index contributed by atoms with van der Waals surface area (Å²) in [5.74, 6) is 2.63. The summed E-state index contributed by atoms with van der Waals surface area (Å²) in [5, 5.41) is 4.21. The molecule has 0 radical (unpaired) electrons. The summed E-state index contributed by atoms with van der Waals surface area (Å²) in [5.41, 5.74) is 1.93. The molecule has 4 fully saturated rings. The summed E-state index contributed by atoms with van der Waals surface area (Å²) in [6.07, 6.45) is 5.89. The zero-order valence-electron chi connectivity index (χ0n) is 16.0. The molecule has 5 aliphatic heterocycles. The van der Waals surface area contributed by atoms with E-state index in [0.29, 0.717) is 23.4 Å². The maximum atomic E-state index is 13.4. The Balaban J connectivity index is 1.38. The number of amides is 1. The third-order valence-electron chi connectivity index (χ3n) is 7.03. The fraction of sp³-hybridized carbons (Fsp3) is 0.524. The summed E-state index contributed by atoms with van der Waals surface area (Å²) in [4.78, 5) is 18.1. The molecule has 7 nitrogen and oxygen atoms in total. The normalized spacial score (nSPS) is 32.6. The summed E-state index contributed by atoms with van der Waals surface area (Å²) < 4.78 is 12.8. The van der Waals surface area contributed by atoms with Crippen LogP contribution in [0.5, 0.6) is 11.5 Å². The lowest BCUT2D eigenvalue weighted by Gasteiger charge is -2.51. The van der Waals surface area contributed by atoms with Gasteiger partial charge in [0.05, 0.1) is 17.8 Å². The number of likely N-dealkylation sites (tertiary alicyclic amines) is 1. The number of carbonyl (C=O) groups excluding carboxylic acids is 1. The van der Waals surface area contributed by atoms with Crippen molar-refractivity contribution in [2.24, 2.45) is 13.0 Å². The molecule has 7 rings (SSSR count). The van der Waals surface area contributed by atoms with Crippen LogP contribution in [0.4, 0.5) is 0 Å². The number of rotatable bonds is 2. The molecule has 0 N–H and O–H groups in total. The van der Waals surface area contributed by atoms with Gasteiger partial charge in [0.2, 0.25) is 6.79 Å². The fourth-order valence-corrected chi connectivity index (χ4v) is 5.79. The highest BCUT2D eigenvalue weighted by molar-refractivity contribution is 5.94. The molecule has 3 atom stereocenters. The van der Waals surface area contributed by atoms with Gasteiger partial charge >= 0.3 is 0 Å². The van der Waals surface area contributed by atoms with E-state index < -0.39 is 0 Å². The van der Waals surface area contributed by atoms with Crippen LogP contribution in [0.15, 0.2) is 30.6 Å². The lowest BCUT2D eigenvalue weighted by atomic mass is 9.75. The Morgan fingerprint density at radius 3 is 2.75 bits per heavy atom. The van der Waals surface area contributed by atoms with Crippen molar-refractivity contribution in [2.75, 3.05) is 26.4 Å². The van der Waals surface area contributed by atoms with Crippen LogP contribution in [0.25, 0.3) is 0 Å². The van der Waals surface area contributed by atoms with Crippen LogP contribution in [0, 0.1) is 5.92 Å². The van der Waals surface area contributed by atoms with Gasteiger partial charge in [0.1, 0.15) is 0 Å². The summed E-state index contributed by atoms with van der Waals surface area (Å²) in [7, 11) is 1.85. The minimum Gasteiger partial charge on any atom is -0.454 e. The van der Waals surface area contributed by atoms with Crippen LogP contribution in [-0.2, 0) is 7.05 Å². The number of hydrogen-bond acceptors (Lipinski definition) is 5. The largest absolute Gasteiger partial charge is 0.454 e. The number of aryl methyl sites for hydroxylation is 1. The van der Waals surface area contributed by atoms with Gasteiger partial charge in [0.15, 0.2) is 11.5 Å². The molecule has 1 amide bonds. The molecule has 28 heavy (non-hydrogen) atoms. The summed E-state index contributed by atoms with van der Waals surface area (Å²) >= 11 is 0. The highest BCUT2D eigenvalue weighted by Crippen LogP contribution is 2.48. The zero-order valence-corrected chi connectivity index (χ0v) is 16.0. The maximum absolute atomic E-state index is 13.4. The Morgan fingerprint density at radius 1 is 1.14 bits per heavy atom. The number of hydrogen-bond donors (Lipinski definition) is 0. The number of benzene rings is 1. The third-order valence-corrected chi connectivity index (χ3v) is 7.03. The molecule has 6 heterocycles. The molecule has 0 aliphatic carbocycles. The zero-order chi connectivity index (χ0) is 18.8. The first kappa shape index (κ1) is 16.4. The number of ether oxygens (including phenoxy) is 2. The molecular weight excluding hydrogens is 356 g/mol. The predicted molar refractivity (Wildman–Crippen MR) is 101 cm³/mol. The van der Waals surface area contributed by atoms with Crippen molar-refractivity contribution in [3.63, 3.8) is 0 Å². The van der Waals surface area contributed by atoms with Crippen molar-refractivity contribution >= 4 is 5.91 Å². The molecule has 4 saturated heterocycles. The van der Waals surface area contributed by atoms with Crippen molar-refractivity contribution < 1.29 is 14.3 Å². The van der Waals surface area contributed by atoms with Crippen molar-refractivity contribution in [3.8, 4) is 11.5 Å². The third kappa shape index (κ3) is 2.32. The second kappa shape index (κ2) is 5.98. The van der Waals surface area contributed by atoms with Crippen molar-refractivity contribution in [2.45, 2.75) is 30.8 Å². The van der Waals surface area contributed by atoms with Crippen LogP contribution in [0.2, 0.25) is 0 Å².